The number of alkyl carbamates (subject to hydrolysis) is 1. The summed E-state index contributed by atoms with van der Waals surface area (Å²) in [5.74, 6) is 4.31. The summed E-state index contributed by atoms with van der Waals surface area (Å²) in [5, 5.41) is 14.8. The number of hydrogen-bond acceptors (Lipinski definition) is 3. The number of aliphatic hydroxyl groups excluding tert-OH is 1. The van der Waals surface area contributed by atoms with Crippen molar-refractivity contribution >= 4 is 6.09 Å². The van der Waals surface area contributed by atoms with Crippen LogP contribution in [-0.2, 0) is 4.74 Å². The molecular formula is C30H53NO3. The molecule has 0 aromatic heterocycles. The van der Waals surface area contributed by atoms with Crippen LogP contribution in [0.15, 0.2) is 0 Å². The highest BCUT2D eigenvalue weighted by Gasteiger charge is 2.64. The van der Waals surface area contributed by atoms with Crippen LogP contribution in [0.5, 0.6) is 0 Å². The van der Waals surface area contributed by atoms with Crippen LogP contribution in [0.2, 0.25) is 0 Å². The Morgan fingerprint density at radius 1 is 1.03 bits per heavy atom. The first kappa shape index (κ1) is 26.3. The van der Waals surface area contributed by atoms with Crippen molar-refractivity contribution in [3.8, 4) is 0 Å². The van der Waals surface area contributed by atoms with E-state index in [1.807, 2.05) is 20.8 Å². The Labute approximate surface area is 209 Å². The van der Waals surface area contributed by atoms with E-state index in [1.54, 1.807) is 0 Å². The zero-order valence-corrected chi connectivity index (χ0v) is 23.2. The molecular weight excluding hydrogens is 422 g/mol. The van der Waals surface area contributed by atoms with Crippen LogP contribution in [-0.4, -0.2) is 29.4 Å². The summed E-state index contributed by atoms with van der Waals surface area (Å²) in [6.07, 6.45) is 12.3. The minimum atomic E-state index is -0.453. The first-order valence-electron chi connectivity index (χ1n) is 14.6. The van der Waals surface area contributed by atoms with Crippen molar-refractivity contribution in [2.75, 3.05) is 6.54 Å². The molecule has 4 rings (SSSR count). The molecule has 1 amide bonds. The fourth-order valence-electron chi connectivity index (χ4n) is 9.93. The van der Waals surface area contributed by atoms with Crippen molar-refractivity contribution in [3.63, 3.8) is 0 Å². The first-order valence-corrected chi connectivity index (χ1v) is 14.6. The van der Waals surface area contributed by atoms with Crippen molar-refractivity contribution in [3.05, 3.63) is 0 Å². The average Bonchev–Trinajstić information content (AvgIpc) is 3.10. The minimum Gasteiger partial charge on any atom is -0.444 e. The second-order valence-corrected chi connectivity index (χ2v) is 14.1. The van der Waals surface area contributed by atoms with Crippen molar-refractivity contribution in [2.24, 2.45) is 52.3 Å². The number of carbonyl (C=O) groups is 1. The number of carbonyl (C=O) groups excluding carboxylic acids is 1. The van der Waals surface area contributed by atoms with Crippen LogP contribution >= 0.6 is 0 Å². The van der Waals surface area contributed by atoms with Gasteiger partial charge in [-0.1, -0.05) is 47.0 Å². The number of rotatable bonds is 5. The highest BCUT2D eigenvalue weighted by molar-refractivity contribution is 5.67. The van der Waals surface area contributed by atoms with Gasteiger partial charge in [0.05, 0.1) is 6.10 Å². The van der Waals surface area contributed by atoms with Crippen molar-refractivity contribution in [1.82, 2.24) is 5.32 Å². The number of fused-ring (bicyclic) bond motifs is 5. The molecule has 0 heterocycles. The lowest BCUT2D eigenvalue weighted by atomic mass is 9.41. The Hall–Kier alpha value is -0.770. The van der Waals surface area contributed by atoms with Crippen LogP contribution in [0, 0.1) is 52.3 Å². The van der Waals surface area contributed by atoms with E-state index in [0.717, 1.165) is 18.8 Å². The van der Waals surface area contributed by atoms with Gasteiger partial charge in [-0.05, 0) is 118 Å². The molecule has 0 bridgehead atoms. The fraction of sp³-hybridized carbons (Fsp3) is 0.967. The predicted octanol–water partition coefficient (Wildman–Crippen LogP) is 7.19. The fourth-order valence-corrected chi connectivity index (χ4v) is 9.93. The zero-order valence-electron chi connectivity index (χ0n) is 23.2. The van der Waals surface area contributed by atoms with E-state index in [-0.39, 0.29) is 12.2 Å². The molecule has 0 aromatic carbocycles. The number of aliphatic hydroxyl groups is 1. The molecule has 10 atom stereocenters. The van der Waals surface area contributed by atoms with E-state index in [1.165, 1.54) is 51.4 Å². The second-order valence-electron chi connectivity index (χ2n) is 14.1. The summed E-state index contributed by atoms with van der Waals surface area (Å²) in [6.45, 7) is 16.3. The summed E-state index contributed by atoms with van der Waals surface area (Å²) < 4.78 is 5.42. The highest BCUT2D eigenvalue weighted by Crippen LogP contribution is 2.69. The van der Waals surface area contributed by atoms with Gasteiger partial charge < -0.3 is 15.2 Å². The number of ether oxygens (including phenoxy) is 1. The van der Waals surface area contributed by atoms with Gasteiger partial charge in [0, 0.05) is 6.54 Å². The Morgan fingerprint density at radius 2 is 1.74 bits per heavy atom. The van der Waals surface area contributed by atoms with Gasteiger partial charge in [0.25, 0.3) is 0 Å². The molecule has 0 saturated heterocycles. The number of hydrogen-bond donors (Lipinski definition) is 2. The maximum absolute atomic E-state index is 12.1. The van der Waals surface area contributed by atoms with Crippen LogP contribution in [0.25, 0.3) is 0 Å². The van der Waals surface area contributed by atoms with Crippen molar-refractivity contribution in [1.29, 1.82) is 0 Å². The summed E-state index contributed by atoms with van der Waals surface area (Å²) in [6, 6.07) is 0. The normalized spacial score (nSPS) is 45.0. The van der Waals surface area contributed by atoms with Gasteiger partial charge in [-0.25, -0.2) is 4.79 Å². The Morgan fingerprint density at radius 3 is 2.41 bits per heavy atom. The minimum absolute atomic E-state index is 0.112. The molecule has 4 aliphatic carbocycles. The second kappa shape index (κ2) is 9.60. The largest absolute Gasteiger partial charge is 0.444 e. The topological polar surface area (TPSA) is 58.6 Å². The van der Waals surface area contributed by atoms with E-state index in [9.17, 15) is 9.90 Å². The first-order chi connectivity index (χ1) is 15.9. The summed E-state index contributed by atoms with van der Waals surface area (Å²) in [7, 11) is 0. The van der Waals surface area contributed by atoms with Gasteiger partial charge in [-0.15, -0.1) is 0 Å². The maximum Gasteiger partial charge on any atom is 0.407 e. The zero-order chi connectivity index (χ0) is 24.9. The lowest BCUT2D eigenvalue weighted by Crippen LogP contribution is -2.61. The maximum atomic E-state index is 12.1. The summed E-state index contributed by atoms with van der Waals surface area (Å²) >= 11 is 0. The molecule has 0 spiro atoms. The predicted molar refractivity (Wildman–Crippen MR) is 138 cm³/mol. The molecule has 4 nitrogen and oxygen atoms in total. The van der Waals surface area contributed by atoms with E-state index < -0.39 is 5.60 Å². The van der Waals surface area contributed by atoms with Crippen molar-refractivity contribution in [2.45, 2.75) is 124 Å². The van der Waals surface area contributed by atoms with Gasteiger partial charge in [0.2, 0.25) is 0 Å². The van der Waals surface area contributed by atoms with Crippen LogP contribution < -0.4 is 5.32 Å². The quantitative estimate of drug-likeness (QED) is 0.442. The Kier molecular flexibility index (Phi) is 7.42. The molecule has 0 aromatic rings. The number of nitrogens with one attached hydrogen (secondary N) is 1. The van der Waals surface area contributed by atoms with Gasteiger partial charge >= 0.3 is 6.09 Å². The summed E-state index contributed by atoms with van der Waals surface area (Å²) in [5.41, 5.74) is 0.306. The third kappa shape index (κ3) is 4.55. The molecule has 4 fully saturated rings. The smallest absolute Gasteiger partial charge is 0.407 e. The molecule has 34 heavy (non-hydrogen) atoms. The van der Waals surface area contributed by atoms with Gasteiger partial charge in [-0.3, -0.25) is 0 Å². The van der Waals surface area contributed by atoms with Gasteiger partial charge in [0.15, 0.2) is 0 Å². The number of amides is 1. The molecule has 4 heteroatoms. The molecule has 4 aliphatic rings. The SMILES string of the molecule is CC[C@H]1[C@@H](O)[C@@H]2[C@H](CC[C@]3(C)[C@@H]([C@H](C)CCNC(=O)OC(C)(C)C)CC[C@@H]23)[C@@]2(C)CCCC[C@@H]12. The van der Waals surface area contributed by atoms with E-state index in [2.05, 4.69) is 33.0 Å². The van der Waals surface area contributed by atoms with Crippen LogP contribution in [0.3, 0.4) is 0 Å². The van der Waals surface area contributed by atoms with E-state index in [0.29, 0.717) is 52.9 Å². The highest BCUT2D eigenvalue weighted by atomic mass is 16.6. The molecule has 2 N–H and O–H groups in total. The Bertz CT molecular complexity index is 731. The molecule has 196 valence electrons. The molecule has 0 radical (unpaired) electrons. The monoisotopic (exact) mass is 475 g/mol. The lowest BCUT2D eigenvalue weighted by molar-refractivity contribution is -0.194. The third-order valence-electron chi connectivity index (χ3n) is 11.4. The van der Waals surface area contributed by atoms with Crippen LogP contribution in [0.4, 0.5) is 4.79 Å². The lowest BCUT2D eigenvalue weighted by Gasteiger charge is -2.64. The summed E-state index contributed by atoms with van der Waals surface area (Å²) in [4.78, 5) is 12.1. The molecule has 0 aliphatic heterocycles. The standard InChI is InChI=1S/C30H53NO3/c1-8-20-22-11-9-10-16-29(22,6)24-14-17-30(7)21(12-13-23(30)25(24)26(20)32)19(2)15-18-31-27(33)34-28(3,4)5/h19-26,32H,8-18H2,1-7H3,(H,31,33)/t19-,20-,21-,22+,23+,24+,25+,26-,29+,30-/m1/s1. The van der Waals surface area contributed by atoms with Crippen LogP contribution in [0.1, 0.15) is 113 Å². The van der Waals surface area contributed by atoms with E-state index >= 15 is 0 Å². The van der Waals surface area contributed by atoms with Crippen molar-refractivity contribution < 1.29 is 14.6 Å². The average molecular weight is 476 g/mol. The van der Waals surface area contributed by atoms with Gasteiger partial charge in [0.1, 0.15) is 5.60 Å². The van der Waals surface area contributed by atoms with E-state index in [4.69, 9.17) is 4.74 Å². The molecule has 4 saturated carbocycles. The Balaban J connectivity index is 1.45. The third-order valence-corrected chi connectivity index (χ3v) is 11.4. The van der Waals surface area contributed by atoms with Gasteiger partial charge in [-0.2, -0.15) is 0 Å². The molecule has 0 unspecified atom stereocenters.